The summed E-state index contributed by atoms with van der Waals surface area (Å²) >= 11 is 2.22. The van der Waals surface area contributed by atoms with E-state index in [1.165, 1.54) is 12.1 Å². The minimum atomic E-state index is -0.884. The van der Waals surface area contributed by atoms with Gasteiger partial charge in [-0.1, -0.05) is 12.1 Å². The van der Waals surface area contributed by atoms with Crippen LogP contribution in [0, 0.1) is 9.39 Å². The molecule has 7 heteroatoms. The Bertz CT molecular complexity index is 851. The fourth-order valence-corrected chi connectivity index (χ4v) is 3.09. The Balaban J connectivity index is 0.00000208. The van der Waals surface area contributed by atoms with Gasteiger partial charge in [0, 0.05) is 15.9 Å². The second-order valence-electron chi connectivity index (χ2n) is 5.40. The number of nitrogens with zero attached hydrogens (tertiary/aromatic N) is 1. The van der Waals surface area contributed by atoms with Gasteiger partial charge in [0.05, 0.1) is 17.5 Å². The van der Waals surface area contributed by atoms with Crippen LogP contribution in [0.2, 0.25) is 0 Å². The minimum absolute atomic E-state index is 0. The third kappa shape index (κ3) is 4.45. The van der Waals surface area contributed by atoms with Crippen molar-refractivity contribution in [2.45, 2.75) is 18.8 Å². The molecule has 0 aliphatic rings. The Hall–Kier alpha value is -1.67. The first-order valence-electron chi connectivity index (χ1n) is 7.12. The summed E-state index contributed by atoms with van der Waals surface area (Å²) in [7, 11) is 0. The molecule has 4 nitrogen and oxygen atoms in total. The lowest BCUT2D eigenvalue weighted by Crippen LogP contribution is -2.10. The van der Waals surface area contributed by atoms with E-state index in [9.17, 15) is 9.18 Å². The first-order valence-corrected chi connectivity index (χ1v) is 8.20. The van der Waals surface area contributed by atoms with E-state index in [0.29, 0.717) is 6.42 Å². The highest BCUT2D eigenvalue weighted by molar-refractivity contribution is 14.1. The highest BCUT2D eigenvalue weighted by Crippen LogP contribution is 2.25. The average Bonchev–Trinajstić information content (AvgIpc) is 2.88. The molecule has 0 saturated heterocycles. The van der Waals surface area contributed by atoms with Crippen molar-refractivity contribution in [3.05, 3.63) is 63.2 Å². The molecule has 0 saturated carbocycles. The zero-order valence-electron chi connectivity index (χ0n) is 12.5. The van der Waals surface area contributed by atoms with E-state index in [-0.39, 0.29) is 30.6 Å². The van der Waals surface area contributed by atoms with Crippen molar-refractivity contribution in [3.8, 4) is 0 Å². The summed E-state index contributed by atoms with van der Waals surface area (Å²) in [5, 5.41) is 9.15. The van der Waals surface area contributed by atoms with Crippen LogP contribution in [0.4, 0.5) is 4.39 Å². The Kier molecular flexibility index (Phi) is 6.17. The number of H-pyrrole nitrogens is 1. The van der Waals surface area contributed by atoms with Crippen LogP contribution in [-0.2, 0) is 11.2 Å². The second kappa shape index (κ2) is 7.94. The van der Waals surface area contributed by atoms with Gasteiger partial charge in [-0.2, -0.15) is 0 Å². The highest BCUT2D eigenvalue weighted by Gasteiger charge is 2.18. The molecule has 0 radical (unpaired) electrons. The molecule has 0 bridgehead atoms. The normalized spacial score (nSPS) is 11.9. The van der Waals surface area contributed by atoms with Gasteiger partial charge < -0.3 is 10.1 Å². The van der Waals surface area contributed by atoms with Crippen molar-refractivity contribution in [2.24, 2.45) is 0 Å². The molecule has 1 atom stereocenters. The average molecular weight is 461 g/mol. The molecule has 0 aliphatic carbocycles. The number of halogens is 3. The van der Waals surface area contributed by atoms with E-state index >= 15 is 0 Å². The number of fused-ring (bicyclic) bond motifs is 1. The van der Waals surface area contributed by atoms with Gasteiger partial charge in [-0.05, 0) is 58.5 Å². The lowest BCUT2D eigenvalue weighted by molar-refractivity contribution is -0.137. The maximum atomic E-state index is 13.1. The maximum absolute atomic E-state index is 13.1. The van der Waals surface area contributed by atoms with Gasteiger partial charge in [0.15, 0.2) is 0 Å². The summed E-state index contributed by atoms with van der Waals surface area (Å²) in [6.07, 6.45) is 0.434. The van der Waals surface area contributed by atoms with Gasteiger partial charge in [0.25, 0.3) is 0 Å². The summed E-state index contributed by atoms with van der Waals surface area (Å²) in [6, 6.07) is 11.9. The molecular weight excluding hydrogens is 446 g/mol. The molecule has 2 aromatic carbocycles. The predicted molar refractivity (Wildman–Crippen MR) is 101 cm³/mol. The Morgan fingerprint density at radius 3 is 2.62 bits per heavy atom. The predicted octanol–water partition coefficient (Wildman–Crippen LogP) is 4.53. The molecule has 0 spiro atoms. The molecule has 3 aromatic rings. The third-order valence-corrected chi connectivity index (χ3v) is 4.37. The maximum Gasteiger partial charge on any atom is 0.303 e. The number of carboxylic acids is 1. The molecular formula is C17H15ClFIN2O2. The monoisotopic (exact) mass is 460 g/mol. The van der Waals surface area contributed by atoms with E-state index in [0.717, 1.165) is 26.0 Å². The molecule has 1 aromatic heterocycles. The first-order chi connectivity index (χ1) is 11.0. The number of imidazole rings is 1. The fourth-order valence-electron chi connectivity index (χ4n) is 2.62. The molecule has 3 rings (SSSR count). The Labute approximate surface area is 158 Å². The molecule has 0 aliphatic heterocycles. The van der Waals surface area contributed by atoms with E-state index in [2.05, 4.69) is 32.6 Å². The van der Waals surface area contributed by atoms with E-state index < -0.39 is 5.97 Å². The zero-order valence-corrected chi connectivity index (χ0v) is 15.5. The number of rotatable bonds is 5. The van der Waals surface area contributed by atoms with Crippen LogP contribution in [0.5, 0.6) is 0 Å². The third-order valence-electron chi connectivity index (χ3n) is 3.70. The standard InChI is InChI=1S/C17H14FIN2O2.ClH/c18-12-3-1-10(2-4-12)11(8-17(22)23)7-16-20-14-6-5-13(19)9-15(14)21-16;/h1-6,9,11H,7-8H2,(H,20,21)(H,22,23);1H. The van der Waals surface area contributed by atoms with Crippen LogP contribution in [0.25, 0.3) is 11.0 Å². The molecule has 24 heavy (non-hydrogen) atoms. The van der Waals surface area contributed by atoms with E-state index in [4.69, 9.17) is 5.11 Å². The van der Waals surface area contributed by atoms with Gasteiger partial charge in [-0.25, -0.2) is 9.37 Å². The van der Waals surface area contributed by atoms with Gasteiger partial charge in [0.1, 0.15) is 11.6 Å². The van der Waals surface area contributed by atoms with Crippen LogP contribution in [0.15, 0.2) is 42.5 Å². The number of aliphatic carboxylic acids is 1. The number of carbonyl (C=O) groups is 1. The number of benzene rings is 2. The van der Waals surface area contributed by atoms with Gasteiger partial charge >= 0.3 is 5.97 Å². The fraction of sp³-hybridized carbons (Fsp3) is 0.176. The number of hydrogen-bond donors (Lipinski definition) is 2. The van der Waals surface area contributed by atoms with Crippen molar-refractivity contribution >= 4 is 52.0 Å². The van der Waals surface area contributed by atoms with Gasteiger partial charge in [-0.15, -0.1) is 12.4 Å². The quantitative estimate of drug-likeness (QED) is 0.550. The van der Waals surface area contributed by atoms with Crippen LogP contribution < -0.4 is 0 Å². The summed E-state index contributed by atoms with van der Waals surface area (Å²) < 4.78 is 14.2. The van der Waals surface area contributed by atoms with Gasteiger partial charge in [0.2, 0.25) is 0 Å². The number of aromatic amines is 1. The van der Waals surface area contributed by atoms with Crippen LogP contribution in [-0.4, -0.2) is 21.0 Å². The number of nitrogens with one attached hydrogen (secondary N) is 1. The zero-order chi connectivity index (χ0) is 16.4. The summed E-state index contributed by atoms with van der Waals surface area (Å²) in [5.41, 5.74) is 2.58. The smallest absolute Gasteiger partial charge is 0.303 e. The Morgan fingerprint density at radius 1 is 1.25 bits per heavy atom. The summed E-state index contributed by atoms with van der Waals surface area (Å²) in [4.78, 5) is 18.9. The Morgan fingerprint density at radius 2 is 1.96 bits per heavy atom. The highest BCUT2D eigenvalue weighted by atomic mass is 127. The van der Waals surface area contributed by atoms with Crippen molar-refractivity contribution in [2.75, 3.05) is 0 Å². The first kappa shape index (κ1) is 18.7. The molecule has 1 unspecified atom stereocenters. The summed E-state index contributed by atoms with van der Waals surface area (Å²) in [6.45, 7) is 0. The SMILES string of the molecule is Cl.O=C(O)CC(Cc1nc2cc(I)ccc2[nH]1)c1ccc(F)cc1. The number of aromatic nitrogens is 2. The second-order valence-corrected chi connectivity index (χ2v) is 6.64. The van der Waals surface area contributed by atoms with Gasteiger partial charge in [-0.3, -0.25) is 4.79 Å². The van der Waals surface area contributed by atoms with Crippen LogP contribution in [0.3, 0.4) is 0 Å². The topological polar surface area (TPSA) is 66.0 Å². The van der Waals surface area contributed by atoms with Crippen molar-refractivity contribution in [1.29, 1.82) is 0 Å². The van der Waals surface area contributed by atoms with E-state index in [1.807, 2.05) is 18.2 Å². The molecule has 2 N–H and O–H groups in total. The summed E-state index contributed by atoms with van der Waals surface area (Å²) in [5.74, 6) is -0.739. The lowest BCUT2D eigenvalue weighted by Gasteiger charge is -2.14. The van der Waals surface area contributed by atoms with Crippen molar-refractivity contribution in [1.82, 2.24) is 9.97 Å². The van der Waals surface area contributed by atoms with Crippen molar-refractivity contribution in [3.63, 3.8) is 0 Å². The lowest BCUT2D eigenvalue weighted by atomic mass is 9.92. The molecule has 0 amide bonds. The number of hydrogen-bond acceptors (Lipinski definition) is 2. The largest absolute Gasteiger partial charge is 0.481 e. The molecule has 126 valence electrons. The minimum Gasteiger partial charge on any atom is -0.481 e. The van der Waals surface area contributed by atoms with Crippen LogP contribution >= 0.6 is 35.0 Å². The van der Waals surface area contributed by atoms with E-state index in [1.54, 1.807) is 12.1 Å². The van der Waals surface area contributed by atoms with Crippen molar-refractivity contribution < 1.29 is 14.3 Å². The van der Waals surface area contributed by atoms with Crippen LogP contribution in [0.1, 0.15) is 23.7 Å². The molecule has 0 fully saturated rings. The molecule has 1 heterocycles. The number of carboxylic acid groups (broad SMARTS) is 1.